The van der Waals surface area contributed by atoms with Gasteiger partial charge < -0.3 is 15.0 Å². The van der Waals surface area contributed by atoms with E-state index >= 15 is 0 Å². The van der Waals surface area contributed by atoms with Crippen LogP contribution in [0.1, 0.15) is 11.9 Å². The number of nitrogens with two attached hydrogens (primary N) is 1. The van der Waals surface area contributed by atoms with E-state index in [1.807, 2.05) is 35.9 Å². The van der Waals surface area contributed by atoms with E-state index in [1.54, 1.807) is 7.11 Å². The molecule has 0 radical (unpaired) electrons. The Morgan fingerprint density at radius 3 is 2.87 bits per heavy atom. The van der Waals surface area contributed by atoms with Crippen LogP contribution in [0.15, 0.2) is 24.3 Å². The number of aromatic nitrogens is 2. The summed E-state index contributed by atoms with van der Waals surface area (Å²) >= 11 is 0. The lowest BCUT2D eigenvalue weighted by atomic mass is 10.3. The summed E-state index contributed by atoms with van der Waals surface area (Å²) < 4.78 is 7.04. The minimum Gasteiger partial charge on any atom is -0.383 e. The van der Waals surface area contributed by atoms with Crippen LogP contribution in [0.4, 0.5) is 0 Å². The van der Waals surface area contributed by atoms with Gasteiger partial charge in [0.25, 0.3) is 0 Å². The van der Waals surface area contributed by atoms with Crippen LogP contribution in [0.3, 0.4) is 0 Å². The number of para-hydroxylation sites is 2. The second-order valence-electron chi connectivity index (χ2n) is 3.58. The highest BCUT2D eigenvalue weighted by molar-refractivity contribution is 5.75. The van der Waals surface area contributed by atoms with Crippen molar-refractivity contribution in [3.63, 3.8) is 0 Å². The third-order valence-electron chi connectivity index (χ3n) is 2.50. The fourth-order valence-corrected chi connectivity index (χ4v) is 1.75. The maximum atomic E-state index is 5.96. The summed E-state index contributed by atoms with van der Waals surface area (Å²) in [5, 5.41) is 0. The lowest BCUT2D eigenvalue weighted by Crippen LogP contribution is -2.20. The molecule has 0 saturated carbocycles. The Balaban J connectivity index is 2.48. The Morgan fingerprint density at radius 1 is 1.47 bits per heavy atom. The smallest absolute Gasteiger partial charge is 0.128 e. The molecule has 0 aliphatic carbocycles. The van der Waals surface area contributed by atoms with Gasteiger partial charge in [0.2, 0.25) is 0 Å². The Labute approximate surface area is 88.7 Å². The van der Waals surface area contributed by atoms with E-state index in [9.17, 15) is 0 Å². The van der Waals surface area contributed by atoms with Gasteiger partial charge in [-0.05, 0) is 12.1 Å². The summed E-state index contributed by atoms with van der Waals surface area (Å²) in [6.45, 7) is 0.483. The molecule has 4 nitrogen and oxygen atoms in total. The predicted octanol–water partition coefficient (Wildman–Crippen LogP) is 1.22. The molecular weight excluding hydrogens is 190 g/mol. The fourth-order valence-electron chi connectivity index (χ4n) is 1.75. The van der Waals surface area contributed by atoms with Gasteiger partial charge >= 0.3 is 0 Å². The van der Waals surface area contributed by atoms with Crippen molar-refractivity contribution in [2.45, 2.75) is 6.04 Å². The van der Waals surface area contributed by atoms with Gasteiger partial charge in [-0.15, -0.1) is 0 Å². The molecule has 1 heterocycles. The quantitative estimate of drug-likeness (QED) is 0.819. The molecule has 1 aromatic carbocycles. The molecule has 0 aliphatic rings. The molecular formula is C11H15N3O. The first kappa shape index (κ1) is 10.1. The van der Waals surface area contributed by atoms with Crippen molar-refractivity contribution in [3.8, 4) is 0 Å². The van der Waals surface area contributed by atoms with Crippen LogP contribution >= 0.6 is 0 Å². The van der Waals surface area contributed by atoms with E-state index in [0.29, 0.717) is 6.61 Å². The predicted molar refractivity (Wildman–Crippen MR) is 59.5 cm³/mol. The van der Waals surface area contributed by atoms with E-state index in [1.165, 1.54) is 0 Å². The van der Waals surface area contributed by atoms with Crippen molar-refractivity contribution >= 4 is 11.0 Å². The van der Waals surface area contributed by atoms with Crippen LogP contribution in [-0.2, 0) is 11.8 Å². The molecule has 0 spiro atoms. The lowest BCUT2D eigenvalue weighted by Gasteiger charge is -2.09. The number of fused-ring (bicyclic) bond motifs is 1. The van der Waals surface area contributed by atoms with Gasteiger partial charge in [0.1, 0.15) is 5.82 Å². The third-order valence-corrected chi connectivity index (χ3v) is 2.50. The number of hydrogen-bond donors (Lipinski definition) is 1. The Hall–Kier alpha value is -1.39. The highest BCUT2D eigenvalue weighted by Crippen LogP contribution is 2.17. The molecule has 4 heteroatoms. The SMILES string of the molecule is COCC(N)c1nc2ccccc2n1C. The molecule has 2 rings (SSSR count). The van der Waals surface area contributed by atoms with Gasteiger partial charge in [-0.25, -0.2) is 4.98 Å². The van der Waals surface area contributed by atoms with Crippen molar-refractivity contribution in [2.24, 2.45) is 12.8 Å². The van der Waals surface area contributed by atoms with E-state index in [4.69, 9.17) is 10.5 Å². The zero-order valence-corrected chi connectivity index (χ0v) is 8.97. The summed E-state index contributed by atoms with van der Waals surface area (Å²) in [6, 6.07) is 7.81. The molecule has 2 aromatic rings. The average Bonchev–Trinajstić information content (AvgIpc) is 2.57. The van der Waals surface area contributed by atoms with Gasteiger partial charge in [0.15, 0.2) is 0 Å². The second kappa shape index (κ2) is 4.00. The number of benzene rings is 1. The summed E-state index contributed by atoms with van der Waals surface area (Å²) in [7, 11) is 3.61. The zero-order valence-electron chi connectivity index (χ0n) is 8.97. The number of imidazole rings is 1. The van der Waals surface area contributed by atoms with Crippen molar-refractivity contribution < 1.29 is 4.74 Å². The van der Waals surface area contributed by atoms with E-state index < -0.39 is 0 Å². The van der Waals surface area contributed by atoms with Crippen LogP contribution in [-0.4, -0.2) is 23.3 Å². The molecule has 0 aliphatic heterocycles. The van der Waals surface area contributed by atoms with Gasteiger partial charge in [0, 0.05) is 14.2 Å². The zero-order chi connectivity index (χ0) is 10.8. The lowest BCUT2D eigenvalue weighted by molar-refractivity contribution is 0.177. The van der Waals surface area contributed by atoms with Gasteiger partial charge in [-0.3, -0.25) is 0 Å². The maximum absolute atomic E-state index is 5.96. The molecule has 0 bridgehead atoms. The van der Waals surface area contributed by atoms with Gasteiger partial charge in [-0.1, -0.05) is 12.1 Å². The summed E-state index contributed by atoms with van der Waals surface area (Å²) in [5.74, 6) is 0.859. The monoisotopic (exact) mass is 205 g/mol. The average molecular weight is 205 g/mol. The minimum absolute atomic E-state index is 0.174. The summed E-state index contributed by atoms with van der Waals surface area (Å²) in [5.41, 5.74) is 8.03. The van der Waals surface area contributed by atoms with Crippen molar-refractivity contribution in [1.82, 2.24) is 9.55 Å². The van der Waals surface area contributed by atoms with Crippen molar-refractivity contribution in [3.05, 3.63) is 30.1 Å². The molecule has 1 aromatic heterocycles. The van der Waals surface area contributed by atoms with Crippen molar-refractivity contribution in [1.29, 1.82) is 0 Å². The number of rotatable bonds is 3. The molecule has 0 amide bonds. The normalized spacial score (nSPS) is 13.3. The topological polar surface area (TPSA) is 53.1 Å². The molecule has 0 saturated heterocycles. The molecule has 1 unspecified atom stereocenters. The number of methoxy groups -OCH3 is 1. The molecule has 0 fully saturated rings. The van der Waals surface area contributed by atoms with E-state index in [0.717, 1.165) is 16.9 Å². The molecule has 15 heavy (non-hydrogen) atoms. The molecule has 80 valence electrons. The first-order valence-electron chi connectivity index (χ1n) is 4.90. The number of ether oxygens (including phenoxy) is 1. The Kier molecular flexibility index (Phi) is 2.70. The highest BCUT2D eigenvalue weighted by Gasteiger charge is 2.13. The molecule has 1 atom stereocenters. The third kappa shape index (κ3) is 1.73. The second-order valence-corrected chi connectivity index (χ2v) is 3.58. The highest BCUT2D eigenvalue weighted by atomic mass is 16.5. The molecule has 2 N–H and O–H groups in total. The van der Waals surface area contributed by atoms with Crippen LogP contribution in [0, 0.1) is 0 Å². The number of aryl methyl sites for hydroxylation is 1. The minimum atomic E-state index is -0.174. The van der Waals surface area contributed by atoms with E-state index in [-0.39, 0.29) is 6.04 Å². The first-order chi connectivity index (χ1) is 7.24. The standard InChI is InChI=1S/C11H15N3O/c1-14-10-6-4-3-5-9(10)13-11(14)8(12)7-15-2/h3-6,8H,7,12H2,1-2H3. The van der Waals surface area contributed by atoms with Gasteiger partial charge in [0.05, 0.1) is 23.7 Å². The number of nitrogens with zero attached hydrogens (tertiary/aromatic N) is 2. The Bertz CT molecular complexity index is 464. The van der Waals surface area contributed by atoms with Gasteiger partial charge in [-0.2, -0.15) is 0 Å². The number of hydrogen-bond acceptors (Lipinski definition) is 3. The first-order valence-corrected chi connectivity index (χ1v) is 4.90. The summed E-state index contributed by atoms with van der Waals surface area (Å²) in [6.07, 6.45) is 0. The Morgan fingerprint density at radius 2 is 2.20 bits per heavy atom. The van der Waals surface area contributed by atoms with Crippen LogP contribution in [0.5, 0.6) is 0 Å². The maximum Gasteiger partial charge on any atom is 0.128 e. The fraction of sp³-hybridized carbons (Fsp3) is 0.364. The van der Waals surface area contributed by atoms with Crippen LogP contribution < -0.4 is 5.73 Å². The summed E-state index contributed by atoms with van der Waals surface area (Å²) in [4.78, 5) is 4.49. The largest absolute Gasteiger partial charge is 0.383 e. The van der Waals surface area contributed by atoms with Crippen molar-refractivity contribution in [2.75, 3.05) is 13.7 Å². The van der Waals surface area contributed by atoms with Crippen LogP contribution in [0.2, 0.25) is 0 Å². The van der Waals surface area contributed by atoms with Crippen LogP contribution in [0.25, 0.3) is 11.0 Å². The van der Waals surface area contributed by atoms with E-state index in [2.05, 4.69) is 4.98 Å².